The van der Waals surface area contributed by atoms with Gasteiger partial charge in [-0.25, -0.2) is 14.6 Å². The van der Waals surface area contributed by atoms with Crippen LogP contribution in [0.3, 0.4) is 0 Å². The van der Waals surface area contributed by atoms with Gasteiger partial charge in [-0.3, -0.25) is 14.6 Å². The summed E-state index contributed by atoms with van der Waals surface area (Å²) in [5.41, 5.74) is 1.84. The highest BCUT2D eigenvalue weighted by molar-refractivity contribution is 5.91. The average Bonchev–Trinajstić information content (AvgIpc) is 3.55. The molecule has 0 bridgehead atoms. The molecule has 172 valence electrons. The summed E-state index contributed by atoms with van der Waals surface area (Å²) < 4.78 is 7.49. The zero-order chi connectivity index (χ0) is 22.9. The summed E-state index contributed by atoms with van der Waals surface area (Å²) in [6.45, 7) is 9.97. The van der Waals surface area contributed by atoms with Crippen molar-refractivity contribution in [2.75, 3.05) is 38.0 Å². The Balaban J connectivity index is 1.34. The van der Waals surface area contributed by atoms with Crippen LogP contribution in [0.1, 0.15) is 23.6 Å². The normalized spacial score (nSPS) is 18.9. The minimum absolute atomic E-state index is 0.0882. The molecule has 1 fully saturated rings. The van der Waals surface area contributed by atoms with Gasteiger partial charge in [0.1, 0.15) is 11.6 Å². The molecule has 2 aliphatic heterocycles. The van der Waals surface area contributed by atoms with Crippen LogP contribution < -0.4 is 5.32 Å². The monoisotopic (exact) mass is 447 g/mol. The number of aryl methyl sites for hydroxylation is 3. The molecule has 9 nitrogen and oxygen atoms in total. The molecule has 0 spiro atoms. The molecule has 1 amide bonds. The van der Waals surface area contributed by atoms with Crippen LogP contribution in [0.15, 0.2) is 40.8 Å². The lowest BCUT2D eigenvalue weighted by molar-refractivity contribution is -0.117. The topological polar surface area (TPSA) is 92.3 Å². The van der Waals surface area contributed by atoms with Gasteiger partial charge in [0.25, 0.3) is 0 Å². The van der Waals surface area contributed by atoms with Crippen molar-refractivity contribution < 1.29 is 9.21 Å². The van der Waals surface area contributed by atoms with E-state index in [1.165, 1.54) is 0 Å². The van der Waals surface area contributed by atoms with Crippen molar-refractivity contribution in [2.45, 2.75) is 33.2 Å². The van der Waals surface area contributed by atoms with Gasteiger partial charge in [-0.1, -0.05) is 12.2 Å². The van der Waals surface area contributed by atoms with E-state index in [2.05, 4.69) is 42.3 Å². The SMILES string of the molecule is Cc1cc(C)n(-c2cc(NC(=O)CN3CCC(N4CC=CC4)C3)nc(-c3ccc(C)o3)n2)n1. The van der Waals surface area contributed by atoms with Crippen molar-refractivity contribution in [1.82, 2.24) is 29.5 Å². The first kappa shape index (κ1) is 21.5. The second kappa shape index (κ2) is 8.92. The van der Waals surface area contributed by atoms with Gasteiger partial charge in [-0.15, -0.1) is 0 Å². The fourth-order valence-electron chi connectivity index (χ4n) is 4.56. The third kappa shape index (κ3) is 4.74. The first-order valence-corrected chi connectivity index (χ1v) is 11.4. The van der Waals surface area contributed by atoms with Gasteiger partial charge in [0.15, 0.2) is 17.4 Å². The molecule has 5 heterocycles. The fraction of sp³-hybridized carbons (Fsp3) is 0.417. The molecule has 5 rings (SSSR count). The maximum absolute atomic E-state index is 12.9. The predicted molar refractivity (Wildman–Crippen MR) is 125 cm³/mol. The highest BCUT2D eigenvalue weighted by atomic mass is 16.3. The first-order chi connectivity index (χ1) is 15.9. The van der Waals surface area contributed by atoms with Crippen LogP contribution in [0.2, 0.25) is 0 Å². The second-order valence-electron chi connectivity index (χ2n) is 8.84. The molecule has 1 N–H and O–H groups in total. The van der Waals surface area contributed by atoms with Crippen molar-refractivity contribution in [3.63, 3.8) is 0 Å². The van der Waals surface area contributed by atoms with Gasteiger partial charge in [0.2, 0.25) is 5.91 Å². The molecule has 2 aliphatic rings. The number of anilines is 1. The smallest absolute Gasteiger partial charge is 0.239 e. The van der Waals surface area contributed by atoms with Crippen molar-refractivity contribution in [3.8, 4) is 17.4 Å². The molecular weight excluding hydrogens is 418 g/mol. The summed E-state index contributed by atoms with van der Waals surface area (Å²) in [4.78, 5) is 26.8. The van der Waals surface area contributed by atoms with E-state index >= 15 is 0 Å². The highest BCUT2D eigenvalue weighted by Crippen LogP contribution is 2.23. The summed E-state index contributed by atoms with van der Waals surface area (Å²) in [7, 11) is 0. The van der Waals surface area contributed by atoms with Crippen LogP contribution in [0.5, 0.6) is 0 Å². The molecule has 0 saturated carbocycles. The molecule has 1 saturated heterocycles. The number of nitrogens with zero attached hydrogens (tertiary/aromatic N) is 6. The van der Waals surface area contributed by atoms with Crippen LogP contribution >= 0.6 is 0 Å². The number of furan rings is 1. The largest absolute Gasteiger partial charge is 0.458 e. The molecule has 0 aromatic carbocycles. The standard InChI is InChI=1S/C24H29N7O2/c1-16-12-17(2)31(28-16)22-13-21(26-24(27-22)20-7-6-18(3)33-20)25-23(32)15-29-11-8-19(14-29)30-9-4-5-10-30/h4-7,12-13,19H,8-11,14-15H2,1-3H3,(H,25,26,27,32). The maximum atomic E-state index is 12.9. The lowest BCUT2D eigenvalue weighted by Crippen LogP contribution is -2.38. The van der Waals surface area contributed by atoms with Crippen molar-refractivity contribution >= 4 is 11.7 Å². The average molecular weight is 448 g/mol. The van der Waals surface area contributed by atoms with E-state index in [-0.39, 0.29) is 5.91 Å². The second-order valence-corrected chi connectivity index (χ2v) is 8.84. The Labute approximate surface area is 193 Å². The first-order valence-electron chi connectivity index (χ1n) is 11.4. The quantitative estimate of drug-likeness (QED) is 0.581. The third-order valence-electron chi connectivity index (χ3n) is 6.15. The molecule has 9 heteroatoms. The van der Waals surface area contributed by atoms with Crippen molar-refractivity contribution in [1.29, 1.82) is 0 Å². The zero-order valence-electron chi connectivity index (χ0n) is 19.3. The van der Waals surface area contributed by atoms with Gasteiger partial charge in [0, 0.05) is 44.0 Å². The van der Waals surface area contributed by atoms with E-state index in [1.807, 2.05) is 39.0 Å². The Bertz CT molecular complexity index is 1190. The van der Waals surface area contributed by atoms with Crippen LogP contribution in [0.4, 0.5) is 5.82 Å². The predicted octanol–water partition coefficient (Wildman–Crippen LogP) is 2.73. The van der Waals surface area contributed by atoms with E-state index in [0.29, 0.717) is 35.8 Å². The highest BCUT2D eigenvalue weighted by Gasteiger charge is 2.29. The summed E-state index contributed by atoms with van der Waals surface area (Å²) >= 11 is 0. The number of carbonyl (C=O) groups is 1. The molecule has 1 unspecified atom stereocenters. The number of hydrogen-bond donors (Lipinski definition) is 1. The lowest BCUT2D eigenvalue weighted by Gasteiger charge is -2.23. The Morgan fingerprint density at radius 3 is 2.67 bits per heavy atom. The summed E-state index contributed by atoms with van der Waals surface area (Å²) in [6, 6.07) is 7.94. The van der Waals surface area contributed by atoms with E-state index in [1.54, 1.807) is 10.7 Å². The lowest BCUT2D eigenvalue weighted by atomic mass is 10.2. The van der Waals surface area contributed by atoms with Gasteiger partial charge in [-0.2, -0.15) is 5.10 Å². The van der Waals surface area contributed by atoms with Crippen LogP contribution in [-0.4, -0.2) is 74.2 Å². The van der Waals surface area contributed by atoms with Gasteiger partial charge in [-0.05, 0) is 45.4 Å². The number of aromatic nitrogens is 4. The van der Waals surface area contributed by atoms with Crippen LogP contribution in [0.25, 0.3) is 17.4 Å². The van der Waals surface area contributed by atoms with Crippen molar-refractivity contribution in [3.05, 3.63) is 53.6 Å². The zero-order valence-corrected chi connectivity index (χ0v) is 19.3. The number of hydrogen-bond acceptors (Lipinski definition) is 7. The molecule has 0 aliphatic carbocycles. The minimum Gasteiger partial charge on any atom is -0.458 e. The Morgan fingerprint density at radius 1 is 1.15 bits per heavy atom. The van der Waals surface area contributed by atoms with Crippen LogP contribution in [0, 0.1) is 20.8 Å². The molecule has 3 aromatic rings. The summed E-state index contributed by atoms with van der Waals surface area (Å²) in [6.07, 6.45) is 5.51. The van der Waals surface area contributed by atoms with E-state index < -0.39 is 0 Å². The number of nitrogens with one attached hydrogen (secondary N) is 1. The molecule has 0 radical (unpaired) electrons. The number of carbonyl (C=O) groups excluding carboxylic acids is 1. The Kier molecular flexibility index (Phi) is 5.82. The maximum Gasteiger partial charge on any atom is 0.239 e. The minimum atomic E-state index is -0.0882. The summed E-state index contributed by atoms with van der Waals surface area (Å²) in [5.74, 6) is 2.65. The molecule has 3 aromatic heterocycles. The number of rotatable bonds is 6. The molecular formula is C24H29N7O2. The van der Waals surface area contributed by atoms with Crippen LogP contribution in [-0.2, 0) is 4.79 Å². The van der Waals surface area contributed by atoms with Gasteiger partial charge in [0.05, 0.1) is 12.2 Å². The van der Waals surface area contributed by atoms with E-state index in [9.17, 15) is 4.79 Å². The third-order valence-corrected chi connectivity index (χ3v) is 6.15. The Morgan fingerprint density at radius 2 is 1.97 bits per heavy atom. The molecule has 33 heavy (non-hydrogen) atoms. The molecule has 1 atom stereocenters. The van der Waals surface area contributed by atoms with Gasteiger partial charge < -0.3 is 9.73 Å². The number of likely N-dealkylation sites (tertiary alicyclic amines) is 1. The fourth-order valence-corrected chi connectivity index (χ4v) is 4.56. The van der Waals surface area contributed by atoms with Crippen molar-refractivity contribution in [2.24, 2.45) is 0 Å². The number of amides is 1. The summed E-state index contributed by atoms with van der Waals surface area (Å²) in [5, 5.41) is 7.50. The Hall–Kier alpha value is -3.30. The van der Waals surface area contributed by atoms with E-state index in [0.717, 1.165) is 49.7 Å². The van der Waals surface area contributed by atoms with Gasteiger partial charge >= 0.3 is 0 Å². The van der Waals surface area contributed by atoms with E-state index in [4.69, 9.17) is 4.42 Å².